The average molecular weight is 480 g/mol. The summed E-state index contributed by atoms with van der Waals surface area (Å²) in [4.78, 5) is 31.2. The number of hydrogen-bond acceptors (Lipinski definition) is 8. The second kappa shape index (κ2) is 10.3. The van der Waals surface area contributed by atoms with E-state index < -0.39 is 23.2 Å². The van der Waals surface area contributed by atoms with Gasteiger partial charge in [-0.15, -0.1) is 0 Å². The van der Waals surface area contributed by atoms with Crippen molar-refractivity contribution >= 4 is 28.9 Å². The Morgan fingerprint density at radius 3 is 2.48 bits per heavy atom. The number of nitrogens with one attached hydrogen (secondary N) is 1. The predicted molar refractivity (Wildman–Crippen MR) is 126 cm³/mol. The van der Waals surface area contributed by atoms with Crippen LogP contribution in [0.15, 0.2) is 29.3 Å². The van der Waals surface area contributed by atoms with E-state index in [4.69, 9.17) is 23.9 Å². The first-order valence-corrected chi connectivity index (χ1v) is 11.7. The summed E-state index contributed by atoms with van der Waals surface area (Å²) in [6.07, 6.45) is -1.57. The minimum atomic E-state index is -0.689. The molecule has 0 saturated carbocycles. The molecule has 2 aliphatic heterocycles. The number of hydrogen-bond donors (Lipinski definition) is 1. The first-order valence-electron chi connectivity index (χ1n) is 10.9. The number of amidine groups is 1. The Labute approximate surface area is 199 Å². The van der Waals surface area contributed by atoms with Gasteiger partial charge in [-0.1, -0.05) is 30.8 Å². The van der Waals surface area contributed by atoms with Crippen LogP contribution in [0.4, 0.5) is 4.79 Å². The molecular weight excluding hydrogens is 446 g/mol. The van der Waals surface area contributed by atoms with Crippen LogP contribution < -0.4 is 10.1 Å². The molecule has 1 N–H and O–H groups in total. The van der Waals surface area contributed by atoms with E-state index in [0.29, 0.717) is 11.8 Å². The fraction of sp³-hybridized carbons (Fsp3) is 0.609. The lowest BCUT2D eigenvalue weighted by Gasteiger charge is -2.40. The fourth-order valence-corrected chi connectivity index (χ4v) is 4.82. The van der Waals surface area contributed by atoms with Crippen LogP contribution in [0.2, 0.25) is 0 Å². The van der Waals surface area contributed by atoms with E-state index in [2.05, 4.69) is 5.32 Å². The Morgan fingerprint density at radius 1 is 1.24 bits per heavy atom. The van der Waals surface area contributed by atoms with Crippen LogP contribution >= 0.6 is 11.8 Å². The van der Waals surface area contributed by atoms with Crippen LogP contribution in [0.25, 0.3) is 0 Å². The summed E-state index contributed by atoms with van der Waals surface area (Å²) >= 11 is 1.30. The van der Waals surface area contributed by atoms with Crippen LogP contribution in [0, 0.1) is 5.92 Å². The molecule has 1 aromatic rings. The summed E-state index contributed by atoms with van der Waals surface area (Å²) in [5.41, 5.74) is -0.103. The second-order valence-electron chi connectivity index (χ2n) is 9.08. The Balaban J connectivity index is 1.79. The van der Waals surface area contributed by atoms with E-state index in [9.17, 15) is 9.59 Å². The molecule has 182 valence electrons. The molecule has 0 aromatic heterocycles. The molecular formula is C23H33N3O6S. The van der Waals surface area contributed by atoms with Crippen molar-refractivity contribution in [1.29, 1.82) is 0 Å². The molecule has 2 heterocycles. The molecule has 5 atom stereocenters. The van der Waals surface area contributed by atoms with Gasteiger partial charge in [-0.3, -0.25) is 14.7 Å². The number of benzene rings is 1. The number of methoxy groups -OCH3 is 1. The lowest BCUT2D eigenvalue weighted by atomic mass is 9.89. The number of rotatable bonds is 5. The van der Waals surface area contributed by atoms with E-state index in [1.165, 1.54) is 16.7 Å². The highest BCUT2D eigenvalue weighted by Gasteiger charge is 2.51. The van der Waals surface area contributed by atoms with Gasteiger partial charge in [0.15, 0.2) is 5.17 Å². The summed E-state index contributed by atoms with van der Waals surface area (Å²) in [6.45, 7) is 7.70. The molecule has 0 bridgehead atoms. The molecule has 10 heteroatoms. The monoisotopic (exact) mass is 479 g/mol. The minimum Gasteiger partial charge on any atom is -0.497 e. The largest absolute Gasteiger partial charge is 0.497 e. The smallest absolute Gasteiger partial charge is 0.416 e. The van der Waals surface area contributed by atoms with Crippen molar-refractivity contribution < 1.29 is 28.5 Å². The summed E-state index contributed by atoms with van der Waals surface area (Å²) in [5, 5.41) is 3.14. The van der Waals surface area contributed by atoms with Crippen molar-refractivity contribution in [1.82, 2.24) is 10.2 Å². The highest BCUT2D eigenvalue weighted by molar-refractivity contribution is 8.14. The zero-order valence-corrected chi connectivity index (χ0v) is 21.0. The molecule has 2 amide bonds. The van der Waals surface area contributed by atoms with Crippen LogP contribution in [-0.2, 0) is 25.6 Å². The molecule has 9 nitrogen and oxygen atoms in total. The Kier molecular flexibility index (Phi) is 7.92. The van der Waals surface area contributed by atoms with E-state index in [0.717, 1.165) is 11.3 Å². The zero-order chi connectivity index (χ0) is 24.3. The Bertz CT molecular complexity index is 885. The number of carbonyl (C=O) groups is 2. The van der Waals surface area contributed by atoms with Gasteiger partial charge in [-0.2, -0.15) is 0 Å². The highest BCUT2D eigenvalue weighted by atomic mass is 32.2. The second-order valence-corrected chi connectivity index (χ2v) is 10.1. The molecule has 1 fully saturated rings. The van der Waals surface area contributed by atoms with E-state index in [1.54, 1.807) is 21.2 Å². The average Bonchev–Trinajstić information content (AvgIpc) is 3.20. The van der Waals surface area contributed by atoms with E-state index in [-0.39, 0.29) is 24.0 Å². The SMILES string of the molecule is CNC(=O)[C@H]1O[C@@H]2SC(N(C)C(=O)OC(C)(C)C)=N[C@@H]2[C@@H](OCc2ccc(OC)cc2)[C@@H]1C. The van der Waals surface area contributed by atoms with Gasteiger partial charge >= 0.3 is 6.09 Å². The Morgan fingerprint density at radius 2 is 1.91 bits per heavy atom. The molecule has 33 heavy (non-hydrogen) atoms. The third-order valence-corrected chi connectivity index (χ3v) is 6.65. The van der Waals surface area contributed by atoms with Gasteiger partial charge in [0.2, 0.25) is 5.91 Å². The van der Waals surface area contributed by atoms with Crippen molar-refractivity contribution in [2.75, 3.05) is 21.2 Å². The van der Waals surface area contributed by atoms with Crippen LogP contribution in [0.5, 0.6) is 5.75 Å². The predicted octanol–water partition coefficient (Wildman–Crippen LogP) is 3.03. The third-order valence-electron chi connectivity index (χ3n) is 5.43. The van der Waals surface area contributed by atoms with Gasteiger partial charge in [0.1, 0.15) is 28.9 Å². The molecule has 2 aliphatic rings. The van der Waals surface area contributed by atoms with Crippen LogP contribution in [-0.4, -0.2) is 72.6 Å². The van der Waals surface area contributed by atoms with Gasteiger partial charge in [0.25, 0.3) is 0 Å². The van der Waals surface area contributed by atoms with Gasteiger partial charge < -0.3 is 24.3 Å². The lowest BCUT2D eigenvalue weighted by Crippen LogP contribution is -2.55. The quantitative estimate of drug-likeness (QED) is 0.693. The number of fused-ring (bicyclic) bond motifs is 1. The maximum Gasteiger partial charge on any atom is 0.416 e. The maximum absolute atomic E-state index is 12.5. The van der Waals surface area contributed by atoms with Gasteiger partial charge in [0.05, 0.1) is 19.8 Å². The fourth-order valence-electron chi connectivity index (χ4n) is 3.66. The maximum atomic E-state index is 12.5. The molecule has 0 spiro atoms. The molecule has 1 aromatic carbocycles. The van der Waals surface area contributed by atoms with Crippen molar-refractivity contribution in [3.05, 3.63) is 29.8 Å². The number of amides is 2. The standard InChI is InChI=1S/C23H33N3O6S/c1-13-17(30-12-14-8-10-15(29-7)11-9-14)16-20(31-18(13)19(27)24-5)33-21(25-16)26(6)22(28)32-23(2,3)4/h8-11,13,16-18,20H,12H2,1-7H3,(H,24,27)/t13-,16+,17-,18-,20+/m0/s1. The minimum absolute atomic E-state index is 0.214. The summed E-state index contributed by atoms with van der Waals surface area (Å²) in [5.74, 6) is 0.304. The first-order chi connectivity index (χ1) is 15.5. The number of aliphatic imine (C=N–C) groups is 1. The lowest BCUT2D eigenvalue weighted by molar-refractivity contribution is -0.161. The van der Waals surface area contributed by atoms with Crippen molar-refractivity contribution in [2.24, 2.45) is 10.9 Å². The molecule has 0 unspecified atom stereocenters. The van der Waals surface area contributed by atoms with Crippen molar-refractivity contribution in [3.63, 3.8) is 0 Å². The molecule has 0 aliphatic carbocycles. The van der Waals surface area contributed by atoms with Crippen LogP contribution in [0.3, 0.4) is 0 Å². The van der Waals surface area contributed by atoms with Gasteiger partial charge in [-0.25, -0.2) is 4.79 Å². The molecule has 3 rings (SSSR count). The van der Waals surface area contributed by atoms with E-state index in [1.807, 2.05) is 52.0 Å². The highest BCUT2D eigenvalue weighted by Crippen LogP contribution is 2.41. The summed E-state index contributed by atoms with van der Waals surface area (Å²) < 4.78 is 23.1. The van der Waals surface area contributed by atoms with E-state index >= 15 is 0 Å². The summed E-state index contributed by atoms with van der Waals surface area (Å²) in [7, 11) is 4.82. The number of carbonyl (C=O) groups excluding carboxylic acids is 2. The number of likely N-dealkylation sites (N-methyl/N-ethyl adjacent to an activating group) is 1. The first kappa shape index (κ1) is 25.3. The number of ether oxygens (including phenoxy) is 4. The summed E-state index contributed by atoms with van der Waals surface area (Å²) in [6, 6.07) is 7.25. The third kappa shape index (κ3) is 5.99. The van der Waals surface area contributed by atoms with Crippen molar-refractivity contribution in [2.45, 2.75) is 63.6 Å². The van der Waals surface area contributed by atoms with Crippen LogP contribution in [0.1, 0.15) is 33.3 Å². The van der Waals surface area contributed by atoms with Gasteiger partial charge in [-0.05, 0) is 38.5 Å². The molecule has 1 saturated heterocycles. The molecule has 0 radical (unpaired) electrons. The zero-order valence-electron chi connectivity index (χ0n) is 20.2. The Hall–Kier alpha value is -2.30. The normalized spacial score (nSPS) is 26.8. The van der Waals surface area contributed by atoms with Gasteiger partial charge in [0, 0.05) is 20.0 Å². The number of nitrogens with zero attached hydrogens (tertiary/aromatic N) is 2. The number of thioether (sulfide) groups is 1. The topological polar surface area (TPSA) is 98.7 Å². The van der Waals surface area contributed by atoms with Crippen molar-refractivity contribution in [3.8, 4) is 5.75 Å².